The van der Waals surface area contributed by atoms with Crippen molar-refractivity contribution in [3.05, 3.63) is 28.0 Å². The van der Waals surface area contributed by atoms with Crippen LogP contribution in [0.5, 0.6) is 0 Å². The maximum Gasteiger partial charge on any atom is 0.354 e. The van der Waals surface area contributed by atoms with Crippen molar-refractivity contribution in [2.45, 2.75) is 25.9 Å². The lowest BCUT2D eigenvalue weighted by molar-refractivity contribution is 0.0690. The van der Waals surface area contributed by atoms with E-state index in [0.29, 0.717) is 17.6 Å². The molecule has 80 valence electrons. The lowest BCUT2D eigenvalue weighted by atomic mass is 10.0. The van der Waals surface area contributed by atoms with E-state index in [1.54, 1.807) is 0 Å². The standard InChI is InChI=1S/C10H11ClN2O2/c1-5-2-6-7(11)3-8(10(14)15)13-9(6)4-12-5/h3,5,12H,2,4H2,1H3,(H,14,15)/t5-/m0/s1. The summed E-state index contributed by atoms with van der Waals surface area (Å²) in [6.07, 6.45) is 0.793. The molecule has 1 aliphatic heterocycles. The van der Waals surface area contributed by atoms with E-state index in [2.05, 4.69) is 17.2 Å². The zero-order chi connectivity index (χ0) is 11.0. The fraction of sp³-hybridized carbons (Fsp3) is 0.400. The quantitative estimate of drug-likeness (QED) is 0.761. The molecule has 0 bridgehead atoms. The first-order valence-electron chi connectivity index (χ1n) is 4.73. The first-order valence-corrected chi connectivity index (χ1v) is 5.10. The Balaban J connectivity index is 2.48. The zero-order valence-electron chi connectivity index (χ0n) is 8.25. The molecule has 1 aromatic heterocycles. The van der Waals surface area contributed by atoms with Crippen molar-refractivity contribution in [2.24, 2.45) is 0 Å². The second kappa shape index (κ2) is 3.79. The molecule has 0 fully saturated rings. The maximum absolute atomic E-state index is 10.8. The number of carbonyl (C=O) groups is 1. The number of rotatable bonds is 1. The fourth-order valence-corrected chi connectivity index (χ4v) is 2.00. The minimum absolute atomic E-state index is 0.00935. The van der Waals surface area contributed by atoms with Crippen LogP contribution in [0.25, 0.3) is 0 Å². The molecule has 0 aromatic carbocycles. The van der Waals surface area contributed by atoms with Crippen LogP contribution in [-0.2, 0) is 13.0 Å². The number of nitrogens with one attached hydrogen (secondary N) is 1. The van der Waals surface area contributed by atoms with Gasteiger partial charge in [0.2, 0.25) is 0 Å². The highest BCUT2D eigenvalue weighted by Gasteiger charge is 2.20. The van der Waals surface area contributed by atoms with Crippen molar-refractivity contribution in [3.8, 4) is 0 Å². The van der Waals surface area contributed by atoms with Gasteiger partial charge >= 0.3 is 5.97 Å². The van der Waals surface area contributed by atoms with Crippen LogP contribution in [0.2, 0.25) is 5.02 Å². The summed E-state index contributed by atoms with van der Waals surface area (Å²) in [6.45, 7) is 2.64. The summed E-state index contributed by atoms with van der Waals surface area (Å²) in [4.78, 5) is 14.8. The molecule has 0 saturated carbocycles. The van der Waals surface area contributed by atoms with Crippen LogP contribution in [0, 0.1) is 0 Å². The number of carboxylic acid groups (broad SMARTS) is 1. The molecule has 0 spiro atoms. The van der Waals surface area contributed by atoms with Gasteiger partial charge in [0.25, 0.3) is 0 Å². The van der Waals surface area contributed by atoms with Crippen LogP contribution in [0.3, 0.4) is 0 Å². The largest absolute Gasteiger partial charge is 0.477 e. The van der Waals surface area contributed by atoms with E-state index in [9.17, 15) is 4.79 Å². The highest BCUT2D eigenvalue weighted by molar-refractivity contribution is 6.31. The third kappa shape index (κ3) is 1.96. The topological polar surface area (TPSA) is 62.2 Å². The van der Waals surface area contributed by atoms with Crippen molar-refractivity contribution in [2.75, 3.05) is 0 Å². The van der Waals surface area contributed by atoms with Crippen LogP contribution in [0.4, 0.5) is 0 Å². The monoisotopic (exact) mass is 226 g/mol. The minimum atomic E-state index is -1.04. The number of pyridine rings is 1. The second-order valence-electron chi connectivity index (χ2n) is 3.71. The van der Waals surface area contributed by atoms with Crippen LogP contribution in [0.1, 0.15) is 28.7 Å². The van der Waals surface area contributed by atoms with Gasteiger partial charge in [0.1, 0.15) is 5.69 Å². The second-order valence-corrected chi connectivity index (χ2v) is 4.11. The van der Waals surface area contributed by atoms with Gasteiger partial charge < -0.3 is 10.4 Å². The number of carboxylic acids is 1. The van der Waals surface area contributed by atoms with Gasteiger partial charge in [0.05, 0.1) is 5.69 Å². The van der Waals surface area contributed by atoms with Gasteiger partial charge in [-0.2, -0.15) is 0 Å². The summed E-state index contributed by atoms with van der Waals surface area (Å²) in [5.41, 5.74) is 1.72. The molecule has 4 nitrogen and oxygen atoms in total. The molecular weight excluding hydrogens is 216 g/mol. The third-order valence-corrected chi connectivity index (χ3v) is 2.84. The lowest BCUT2D eigenvalue weighted by Gasteiger charge is -2.23. The van der Waals surface area contributed by atoms with Gasteiger partial charge in [-0.15, -0.1) is 0 Å². The fourth-order valence-electron chi connectivity index (χ4n) is 1.71. The van der Waals surface area contributed by atoms with Gasteiger partial charge in [-0.05, 0) is 25.0 Å². The Morgan fingerprint density at radius 3 is 3.13 bits per heavy atom. The Kier molecular flexibility index (Phi) is 2.63. The van der Waals surface area contributed by atoms with E-state index >= 15 is 0 Å². The molecule has 0 radical (unpaired) electrons. The third-order valence-electron chi connectivity index (χ3n) is 2.50. The van der Waals surface area contributed by atoms with E-state index in [4.69, 9.17) is 16.7 Å². The number of hydrogen-bond donors (Lipinski definition) is 2. The van der Waals surface area contributed by atoms with Gasteiger partial charge in [0.15, 0.2) is 0 Å². The molecule has 2 N–H and O–H groups in total. The molecule has 1 aliphatic rings. The van der Waals surface area contributed by atoms with Gasteiger partial charge in [-0.25, -0.2) is 9.78 Å². The Morgan fingerprint density at radius 1 is 1.73 bits per heavy atom. The number of fused-ring (bicyclic) bond motifs is 1. The summed E-state index contributed by atoms with van der Waals surface area (Å²) in [5, 5.41) is 12.5. The molecule has 2 rings (SSSR count). The predicted octanol–water partition coefficient (Wildman–Crippen LogP) is 1.47. The molecule has 5 heteroatoms. The molecular formula is C10H11ClN2O2. The van der Waals surface area contributed by atoms with E-state index in [1.165, 1.54) is 6.07 Å². The summed E-state index contributed by atoms with van der Waals surface area (Å²) in [7, 11) is 0. The number of nitrogens with zero attached hydrogens (tertiary/aromatic N) is 1. The molecule has 0 unspecified atom stereocenters. The summed E-state index contributed by atoms with van der Waals surface area (Å²) >= 11 is 6.03. The Hall–Kier alpha value is -1.13. The van der Waals surface area contributed by atoms with Crippen molar-refractivity contribution >= 4 is 17.6 Å². The molecule has 0 amide bonds. The summed E-state index contributed by atoms with van der Waals surface area (Å²) in [6, 6.07) is 1.77. The van der Waals surface area contributed by atoms with Gasteiger partial charge in [0, 0.05) is 17.6 Å². The highest BCUT2D eigenvalue weighted by Crippen LogP contribution is 2.24. The SMILES string of the molecule is C[C@H]1Cc2c(Cl)cc(C(=O)O)nc2CN1. The predicted molar refractivity (Wildman–Crippen MR) is 56.2 cm³/mol. The van der Waals surface area contributed by atoms with E-state index in [-0.39, 0.29) is 5.69 Å². The van der Waals surface area contributed by atoms with E-state index in [0.717, 1.165) is 17.7 Å². The van der Waals surface area contributed by atoms with Crippen LogP contribution in [0.15, 0.2) is 6.07 Å². The Morgan fingerprint density at radius 2 is 2.47 bits per heavy atom. The molecule has 2 heterocycles. The number of hydrogen-bond acceptors (Lipinski definition) is 3. The average molecular weight is 227 g/mol. The smallest absolute Gasteiger partial charge is 0.354 e. The maximum atomic E-state index is 10.8. The first-order chi connectivity index (χ1) is 7.08. The average Bonchev–Trinajstić information content (AvgIpc) is 2.18. The van der Waals surface area contributed by atoms with Crippen LogP contribution >= 0.6 is 11.6 Å². The van der Waals surface area contributed by atoms with Crippen molar-refractivity contribution in [1.29, 1.82) is 0 Å². The highest BCUT2D eigenvalue weighted by atomic mass is 35.5. The number of halogens is 1. The van der Waals surface area contributed by atoms with Crippen molar-refractivity contribution < 1.29 is 9.90 Å². The lowest BCUT2D eigenvalue weighted by Crippen LogP contribution is -2.34. The zero-order valence-corrected chi connectivity index (χ0v) is 9.01. The molecule has 1 atom stereocenters. The van der Waals surface area contributed by atoms with Crippen LogP contribution in [-0.4, -0.2) is 22.1 Å². The molecule has 15 heavy (non-hydrogen) atoms. The summed E-state index contributed by atoms with van der Waals surface area (Å²) in [5.74, 6) is -1.04. The number of aromatic carboxylic acids is 1. The first kappa shape index (κ1) is 10.4. The molecule has 1 aromatic rings. The number of aromatic nitrogens is 1. The minimum Gasteiger partial charge on any atom is -0.477 e. The summed E-state index contributed by atoms with van der Waals surface area (Å²) < 4.78 is 0. The van der Waals surface area contributed by atoms with Crippen molar-refractivity contribution in [3.63, 3.8) is 0 Å². The van der Waals surface area contributed by atoms with E-state index < -0.39 is 5.97 Å². The Bertz CT molecular complexity index is 420. The Labute approximate surface area is 92.3 Å². The molecule has 0 aliphatic carbocycles. The normalized spacial score (nSPS) is 19.7. The molecule has 0 saturated heterocycles. The van der Waals surface area contributed by atoms with Gasteiger partial charge in [-0.1, -0.05) is 11.6 Å². The van der Waals surface area contributed by atoms with Gasteiger partial charge in [-0.3, -0.25) is 0 Å². The van der Waals surface area contributed by atoms with Crippen LogP contribution < -0.4 is 5.32 Å². The van der Waals surface area contributed by atoms with Crippen molar-refractivity contribution in [1.82, 2.24) is 10.3 Å². The van der Waals surface area contributed by atoms with E-state index in [1.807, 2.05) is 0 Å².